The summed E-state index contributed by atoms with van der Waals surface area (Å²) in [6.07, 6.45) is 0. The molecule has 13 rings (SSSR count). The molecule has 0 saturated carbocycles. The van der Waals surface area contributed by atoms with E-state index in [9.17, 15) is 10.5 Å². The third-order valence-electron chi connectivity index (χ3n) is 13.2. The second-order valence-corrected chi connectivity index (χ2v) is 16.7. The van der Waals surface area contributed by atoms with E-state index in [4.69, 9.17) is 0 Å². The van der Waals surface area contributed by atoms with E-state index in [1.165, 1.54) is 0 Å². The molecule has 66 heavy (non-hydrogen) atoms. The van der Waals surface area contributed by atoms with Gasteiger partial charge in [0.15, 0.2) is 0 Å². The summed E-state index contributed by atoms with van der Waals surface area (Å²) in [5.74, 6) is 0. The predicted molar refractivity (Wildman–Crippen MR) is 271 cm³/mol. The number of fused-ring (bicyclic) bond motifs is 12. The molecule has 0 saturated heterocycles. The quantitative estimate of drug-likeness (QED) is 0.167. The van der Waals surface area contributed by atoms with Crippen molar-refractivity contribution in [1.29, 1.82) is 10.5 Å². The maximum absolute atomic E-state index is 11.3. The van der Waals surface area contributed by atoms with E-state index in [1.54, 1.807) is 0 Å². The van der Waals surface area contributed by atoms with Crippen LogP contribution in [-0.4, -0.2) is 13.7 Å². The van der Waals surface area contributed by atoms with Gasteiger partial charge < -0.3 is 18.6 Å². The van der Waals surface area contributed by atoms with Gasteiger partial charge in [-0.1, -0.05) is 121 Å². The standard InChI is InChI=1S/C60H36N6/c61-37-40-35-57(41(38-62)34-56(40)65-51-27-15-12-24-47(51)58-46-23-11-10-16-39(46)28-30-53(58)65)66-52-31-29-45(63(42-17-4-1-5-18-42)43-19-6-2-7-20-43)36-49(52)60-55(66)33-32-54-59(60)48-25-13-14-26-50(48)64(54)44-21-8-3-9-22-44/h1-36H. The summed E-state index contributed by atoms with van der Waals surface area (Å²) in [6, 6.07) is 81.0. The first-order chi connectivity index (χ1) is 32.7. The molecule has 6 nitrogen and oxygen atoms in total. The summed E-state index contributed by atoms with van der Waals surface area (Å²) in [7, 11) is 0. The summed E-state index contributed by atoms with van der Waals surface area (Å²) in [6.45, 7) is 0. The number of aromatic nitrogens is 3. The van der Waals surface area contributed by atoms with Crippen molar-refractivity contribution >= 4 is 93.3 Å². The highest BCUT2D eigenvalue weighted by Gasteiger charge is 2.25. The third-order valence-corrected chi connectivity index (χ3v) is 13.2. The molecule has 0 aliphatic carbocycles. The first-order valence-corrected chi connectivity index (χ1v) is 22.1. The normalized spacial score (nSPS) is 11.6. The molecule has 13 aromatic rings. The smallest absolute Gasteiger partial charge is 0.101 e. The minimum absolute atomic E-state index is 0.459. The lowest BCUT2D eigenvalue weighted by atomic mass is 10.0. The Hall–Kier alpha value is -9.36. The Bertz CT molecular complexity index is 4140. The second-order valence-electron chi connectivity index (χ2n) is 16.7. The number of hydrogen-bond donors (Lipinski definition) is 0. The molecule has 0 N–H and O–H groups in total. The first-order valence-electron chi connectivity index (χ1n) is 22.1. The van der Waals surface area contributed by atoms with Crippen LogP contribution in [0.25, 0.3) is 93.3 Å². The zero-order valence-electron chi connectivity index (χ0n) is 35.5. The largest absolute Gasteiger partial charge is 0.310 e. The minimum atomic E-state index is 0.459. The Morgan fingerprint density at radius 2 is 0.758 bits per heavy atom. The molecule has 0 spiro atoms. The number of anilines is 3. The van der Waals surface area contributed by atoms with Gasteiger partial charge in [0.25, 0.3) is 0 Å². The van der Waals surface area contributed by atoms with Crippen LogP contribution in [0.15, 0.2) is 218 Å². The second kappa shape index (κ2) is 14.6. The molecular weight excluding hydrogens is 805 g/mol. The van der Waals surface area contributed by atoms with E-state index in [0.29, 0.717) is 22.5 Å². The topological polar surface area (TPSA) is 65.6 Å². The molecule has 0 aliphatic heterocycles. The van der Waals surface area contributed by atoms with Crippen LogP contribution < -0.4 is 4.90 Å². The molecule has 0 amide bonds. The Labute approximate surface area is 379 Å². The minimum Gasteiger partial charge on any atom is -0.310 e. The summed E-state index contributed by atoms with van der Waals surface area (Å²) in [4.78, 5) is 2.29. The average molecular weight is 841 g/mol. The molecule has 6 heteroatoms. The maximum atomic E-state index is 11.3. The molecule has 0 bridgehead atoms. The van der Waals surface area contributed by atoms with Crippen LogP contribution >= 0.6 is 0 Å². The monoisotopic (exact) mass is 840 g/mol. The van der Waals surface area contributed by atoms with Gasteiger partial charge in [-0.05, 0) is 108 Å². The van der Waals surface area contributed by atoms with Crippen LogP contribution in [-0.2, 0) is 0 Å². The van der Waals surface area contributed by atoms with Crippen molar-refractivity contribution in [1.82, 2.24) is 13.7 Å². The molecule has 306 valence electrons. The Balaban J connectivity index is 1.14. The number of benzene rings is 10. The fourth-order valence-electron chi connectivity index (χ4n) is 10.5. The Morgan fingerprint density at radius 3 is 1.38 bits per heavy atom. The van der Waals surface area contributed by atoms with Gasteiger partial charge in [-0.2, -0.15) is 10.5 Å². The van der Waals surface area contributed by atoms with Gasteiger partial charge in [-0.25, -0.2) is 0 Å². The van der Waals surface area contributed by atoms with Crippen LogP contribution in [0.4, 0.5) is 17.1 Å². The number of nitriles is 2. The molecule has 3 aromatic heterocycles. The summed E-state index contributed by atoms with van der Waals surface area (Å²) >= 11 is 0. The Morgan fingerprint density at radius 1 is 0.318 bits per heavy atom. The van der Waals surface area contributed by atoms with Crippen molar-refractivity contribution < 1.29 is 0 Å². The zero-order valence-corrected chi connectivity index (χ0v) is 35.5. The van der Waals surface area contributed by atoms with E-state index < -0.39 is 0 Å². The number of rotatable bonds is 6. The lowest BCUT2D eigenvalue weighted by Gasteiger charge is -2.25. The summed E-state index contributed by atoms with van der Waals surface area (Å²) < 4.78 is 6.69. The predicted octanol–water partition coefficient (Wildman–Crippen LogP) is 15.3. The van der Waals surface area contributed by atoms with E-state index in [-0.39, 0.29) is 0 Å². The first kappa shape index (κ1) is 37.2. The highest BCUT2D eigenvalue weighted by molar-refractivity contribution is 6.29. The van der Waals surface area contributed by atoms with Gasteiger partial charge in [0.1, 0.15) is 12.1 Å². The zero-order chi connectivity index (χ0) is 43.9. The molecular formula is C60H36N6. The van der Waals surface area contributed by atoms with Crippen LogP contribution in [0.1, 0.15) is 11.1 Å². The van der Waals surface area contributed by atoms with E-state index in [2.05, 4.69) is 213 Å². The fraction of sp³-hybridized carbons (Fsp3) is 0. The van der Waals surface area contributed by atoms with E-state index >= 15 is 0 Å². The Kier molecular flexibility index (Phi) is 8.24. The third kappa shape index (κ3) is 5.40. The number of hydrogen-bond acceptors (Lipinski definition) is 3. The lowest BCUT2D eigenvalue weighted by molar-refractivity contribution is 1.12. The van der Waals surface area contributed by atoms with Gasteiger partial charge in [0.05, 0.1) is 55.6 Å². The van der Waals surface area contributed by atoms with Crippen molar-refractivity contribution in [3.63, 3.8) is 0 Å². The van der Waals surface area contributed by atoms with E-state index in [0.717, 1.165) is 98.9 Å². The fourth-order valence-corrected chi connectivity index (χ4v) is 10.5. The van der Waals surface area contributed by atoms with Gasteiger partial charge >= 0.3 is 0 Å². The summed E-state index contributed by atoms with van der Waals surface area (Å²) in [5.41, 5.74) is 12.4. The van der Waals surface area contributed by atoms with Crippen molar-refractivity contribution in [2.45, 2.75) is 0 Å². The molecule has 0 radical (unpaired) electrons. The number of para-hydroxylation sites is 5. The highest BCUT2D eigenvalue weighted by Crippen LogP contribution is 2.46. The maximum Gasteiger partial charge on any atom is 0.101 e. The van der Waals surface area contributed by atoms with Crippen LogP contribution in [0.2, 0.25) is 0 Å². The SMILES string of the molecule is N#Cc1cc(-n2c3ccc(N(c4ccccc4)c4ccccc4)cc3c3c4c5ccccc5n(-c5ccccc5)c4ccc32)c(C#N)cc1-n1c2ccccc2c2c3ccccc3ccc21. The molecule has 3 heterocycles. The van der Waals surface area contributed by atoms with Crippen LogP contribution in [0.3, 0.4) is 0 Å². The van der Waals surface area contributed by atoms with Gasteiger partial charge in [-0.15, -0.1) is 0 Å². The highest BCUT2D eigenvalue weighted by atomic mass is 15.1. The van der Waals surface area contributed by atoms with Gasteiger partial charge in [0.2, 0.25) is 0 Å². The lowest BCUT2D eigenvalue weighted by Crippen LogP contribution is -2.09. The van der Waals surface area contributed by atoms with Crippen molar-refractivity contribution in [3.05, 3.63) is 230 Å². The van der Waals surface area contributed by atoms with Crippen molar-refractivity contribution in [2.24, 2.45) is 0 Å². The van der Waals surface area contributed by atoms with Crippen LogP contribution in [0.5, 0.6) is 0 Å². The van der Waals surface area contributed by atoms with Gasteiger partial charge in [-0.3, -0.25) is 0 Å². The van der Waals surface area contributed by atoms with Crippen LogP contribution in [0, 0.1) is 22.7 Å². The van der Waals surface area contributed by atoms with Gasteiger partial charge in [0, 0.05) is 55.1 Å². The number of nitrogens with zero attached hydrogens (tertiary/aromatic N) is 6. The van der Waals surface area contributed by atoms with Crippen molar-refractivity contribution in [3.8, 4) is 29.2 Å². The average Bonchev–Trinajstić information content (AvgIpc) is 4.02. The molecule has 0 atom stereocenters. The molecule has 0 unspecified atom stereocenters. The molecule has 10 aromatic carbocycles. The summed E-state index contributed by atoms with van der Waals surface area (Å²) in [5, 5.41) is 31.3. The van der Waals surface area contributed by atoms with E-state index in [1.807, 2.05) is 36.4 Å². The molecule has 0 fully saturated rings. The molecule has 0 aliphatic rings. The van der Waals surface area contributed by atoms with Crippen molar-refractivity contribution in [2.75, 3.05) is 4.90 Å².